The number of rotatable bonds is 5. The Labute approximate surface area is 172 Å². The predicted octanol–water partition coefficient (Wildman–Crippen LogP) is 3.50. The molecule has 0 spiro atoms. The van der Waals surface area contributed by atoms with Gasteiger partial charge in [-0.25, -0.2) is 8.78 Å². The van der Waals surface area contributed by atoms with Crippen molar-refractivity contribution < 1.29 is 27.9 Å². The topological polar surface area (TPSA) is 75.7 Å². The van der Waals surface area contributed by atoms with Crippen LogP contribution in [0.25, 0.3) is 0 Å². The lowest BCUT2D eigenvalue weighted by Crippen LogP contribution is -2.33. The van der Waals surface area contributed by atoms with E-state index in [1.807, 2.05) is 32.0 Å². The summed E-state index contributed by atoms with van der Waals surface area (Å²) in [5.41, 5.74) is 2.37. The molecule has 2 aromatic rings. The van der Waals surface area contributed by atoms with E-state index in [-0.39, 0.29) is 24.6 Å². The Morgan fingerprint density at radius 3 is 2.67 bits per heavy atom. The van der Waals surface area contributed by atoms with Gasteiger partial charge in [-0.15, -0.1) is 0 Å². The third kappa shape index (κ3) is 4.48. The molecule has 30 heavy (non-hydrogen) atoms. The first-order valence-electron chi connectivity index (χ1n) is 9.50. The maximum absolute atomic E-state index is 13.7. The van der Waals surface area contributed by atoms with E-state index >= 15 is 0 Å². The number of hydrogen-bond donors (Lipinski definition) is 1. The van der Waals surface area contributed by atoms with Gasteiger partial charge in [-0.3, -0.25) is 14.4 Å². The van der Waals surface area contributed by atoms with Gasteiger partial charge in [0.1, 0.15) is 11.6 Å². The average molecular weight is 416 g/mol. The van der Waals surface area contributed by atoms with Crippen LogP contribution in [0.2, 0.25) is 0 Å². The van der Waals surface area contributed by atoms with E-state index in [4.69, 9.17) is 4.74 Å². The molecule has 6 nitrogen and oxygen atoms in total. The smallest absolute Gasteiger partial charge is 0.312 e. The van der Waals surface area contributed by atoms with Crippen molar-refractivity contribution in [3.63, 3.8) is 0 Å². The number of carbonyl (C=O) groups is 3. The van der Waals surface area contributed by atoms with E-state index in [1.165, 1.54) is 6.92 Å². The van der Waals surface area contributed by atoms with E-state index in [9.17, 15) is 23.2 Å². The molecule has 1 saturated heterocycles. The lowest BCUT2D eigenvalue weighted by molar-refractivity contribution is -0.157. The zero-order valence-electron chi connectivity index (χ0n) is 16.9. The highest BCUT2D eigenvalue weighted by Crippen LogP contribution is 2.30. The van der Waals surface area contributed by atoms with Crippen molar-refractivity contribution in [2.45, 2.75) is 33.3 Å². The molecule has 158 valence electrons. The highest BCUT2D eigenvalue weighted by atomic mass is 19.1. The summed E-state index contributed by atoms with van der Waals surface area (Å²) in [6, 6.07) is 8.24. The molecule has 2 atom stereocenters. The molecule has 1 heterocycles. The number of aryl methyl sites for hydroxylation is 1. The molecule has 1 N–H and O–H groups in total. The van der Waals surface area contributed by atoms with Crippen LogP contribution in [-0.4, -0.2) is 30.4 Å². The van der Waals surface area contributed by atoms with Crippen molar-refractivity contribution >= 4 is 29.2 Å². The first-order valence-corrected chi connectivity index (χ1v) is 9.50. The van der Waals surface area contributed by atoms with Crippen molar-refractivity contribution in [2.24, 2.45) is 5.92 Å². The number of esters is 1. The van der Waals surface area contributed by atoms with Gasteiger partial charge in [0.05, 0.1) is 11.6 Å². The summed E-state index contributed by atoms with van der Waals surface area (Å²) in [6.07, 6.45) is -1.27. The molecule has 1 aliphatic rings. The first-order chi connectivity index (χ1) is 14.2. The molecular weight excluding hydrogens is 394 g/mol. The average Bonchev–Trinajstić information content (AvgIpc) is 3.08. The van der Waals surface area contributed by atoms with Crippen molar-refractivity contribution in [3.05, 3.63) is 59.2 Å². The Kier molecular flexibility index (Phi) is 6.14. The Balaban J connectivity index is 1.63. The Morgan fingerprint density at radius 2 is 1.93 bits per heavy atom. The highest BCUT2D eigenvalue weighted by molar-refractivity contribution is 6.01. The minimum Gasteiger partial charge on any atom is -0.452 e. The van der Waals surface area contributed by atoms with Crippen molar-refractivity contribution in [3.8, 4) is 0 Å². The fourth-order valence-corrected chi connectivity index (χ4v) is 3.28. The van der Waals surface area contributed by atoms with Gasteiger partial charge in [-0.2, -0.15) is 0 Å². The van der Waals surface area contributed by atoms with E-state index in [1.54, 1.807) is 4.90 Å². The van der Waals surface area contributed by atoms with Crippen LogP contribution < -0.4 is 10.2 Å². The number of ether oxygens (including phenoxy) is 1. The molecule has 1 fully saturated rings. The van der Waals surface area contributed by atoms with Crippen molar-refractivity contribution in [2.75, 3.05) is 16.8 Å². The van der Waals surface area contributed by atoms with Gasteiger partial charge in [-0.05, 0) is 50.1 Å². The molecule has 8 heteroatoms. The zero-order chi connectivity index (χ0) is 22.0. The van der Waals surface area contributed by atoms with E-state index in [2.05, 4.69) is 5.32 Å². The number of anilines is 2. The van der Waals surface area contributed by atoms with E-state index in [0.717, 1.165) is 35.0 Å². The lowest BCUT2D eigenvalue weighted by Gasteiger charge is -2.20. The number of amides is 2. The monoisotopic (exact) mass is 416 g/mol. The fraction of sp³-hybridized carbons (Fsp3) is 0.318. The molecule has 0 aliphatic carbocycles. The molecule has 0 unspecified atom stereocenters. The van der Waals surface area contributed by atoms with Crippen LogP contribution in [0.5, 0.6) is 0 Å². The minimum atomic E-state index is -1.25. The molecule has 0 aromatic heterocycles. The number of carbonyl (C=O) groups excluding carboxylic acids is 3. The highest BCUT2D eigenvalue weighted by Gasteiger charge is 2.38. The van der Waals surface area contributed by atoms with Gasteiger partial charge in [0.15, 0.2) is 6.10 Å². The number of nitrogens with zero attached hydrogens (tertiary/aromatic N) is 1. The lowest BCUT2D eigenvalue weighted by atomic mass is 10.1. The molecule has 0 saturated carbocycles. The molecule has 2 aromatic carbocycles. The summed E-state index contributed by atoms with van der Waals surface area (Å²) in [6.45, 7) is 5.31. The number of nitrogens with one attached hydrogen (secondary N) is 1. The molecule has 3 rings (SSSR count). The predicted molar refractivity (Wildman–Crippen MR) is 107 cm³/mol. The maximum atomic E-state index is 13.7. The van der Waals surface area contributed by atoms with Crippen LogP contribution in [-0.2, 0) is 19.1 Å². The fourth-order valence-electron chi connectivity index (χ4n) is 3.28. The Bertz CT molecular complexity index is 1010. The normalized spacial score (nSPS) is 17.0. The summed E-state index contributed by atoms with van der Waals surface area (Å²) in [5.74, 6) is -3.95. The first kappa shape index (κ1) is 21.4. The zero-order valence-corrected chi connectivity index (χ0v) is 16.9. The second-order valence-corrected chi connectivity index (χ2v) is 7.32. The second kappa shape index (κ2) is 8.61. The van der Waals surface area contributed by atoms with Crippen molar-refractivity contribution in [1.82, 2.24) is 0 Å². The molecule has 0 radical (unpaired) electrons. The summed E-state index contributed by atoms with van der Waals surface area (Å²) < 4.78 is 32.1. The summed E-state index contributed by atoms with van der Waals surface area (Å²) in [4.78, 5) is 38.7. The quantitative estimate of drug-likeness (QED) is 0.757. The summed E-state index contributed by atoms with van der Waals surface area (Å²) in [5, 5.41) is 2.20. The van der Waals surface area contributed by atoms with E-state index in [0.29, 0.717) is 0 Å². The van der Waals surface area contributed by atoms with Crippen LogP contribution in [0, 0.1) is 31.4 Å². The summed E-state index contributed by atoms with van der Waals surface area (Å²) in [7, 11) is 0. The van der Waals surface area contributed by atoms with E-state index < -0.39 is 35.5 Å². The van der Waals surface area contributed by atoms with Crippen LogP contribution in [0.4, 0.5) is 20.2 Å². The van der Waals surface area contributed by atoms with Crippen LogP contribution >= 0.6 is 0 Å². The molecule has 2 amide bonds. The largest absolute Gasteiger partial charge is 0.452 e. The number of hydrogen-bond acceptors (Lipinski definition) is 4. The SMILES string of the molecule is Cc1cccc(N2C[C@H](C(=O)O[C@@H](C)C(=O)Nc3cc(F)ccc3F)CC2=O)c1C. The molecule has 0 bridgehead atoms. The van der Waals surface area contributed by atoms with Gasteiger partial charge in [0, 0.05) is 24.7 Å². The van der Waals surface area contributed by atoms with Gasteiger partial charge >= 0.3 is 5.97 Å². The summed E-state index contributed by atoms with van der Waals surface area (Å²) >= 11 is 0. The van der Waals surface area contributed by atoms with Gasteiger partial charge < -0.3 is 15.0 Å². The Morgan fingerprint density at radius 1 is 1.20 bits per heavy atom. The van der Waals surface area contributed by atoms with Crippen LogP contribution in [0.1, 0.15) is 24.5 Å². The van der Waals surface area contributed by atoms with Gasteiger partial charge in [0.25, 0.3) is 5.91 Å². The third-order valence-corrected chi connectivity index (χ3v) is 5.17. The molecular formula is C22H22F2N2O4. The van der Waals surface area contributed by atoms with Gasteiger partial charge in [0.2, 0.25) is 5.91 Å². The Hall–Kier alpha value is -3.29. The number of benzene rings is 2. The molecule has 1 aliphatic heterocycles. The van der Waals surface area contributed by atoms with Gasteiger partial charge in [-0.1, -0.05) is 12.1 Å². The standard InChI is InChI=1S/C22H22F2N2O4/c1-12-5-4-6-19(13(12)2)26-11-15(9-20(26)27)22(29)30-14(3)21(28)25-18-10-16(23)7-8-17(18)24/h4-8,10,14-15H,9,11H2,1-3H3,(H,25,28)/t14-,15+/m0/s1. The van der Waals surface area contributed by atoms with Crippen molar-refractivity contribution in [1.29, 1.82) is 0 Å². The third-order valence-electron chi connectivity index (χ3n) is 5.17. The van der Waals surface area contributed by atoms with Crippen LogP contribution in [0.15, 0.2) is 36.4 Å². The van der Waals surface area contributed by atoms with Crippen LogP contribution in [0.3, 0.4) is 0 Å². The number of halogens is 2. The second-order valence-electron chi connectivity index (χ2n) is 7.32. The maximum Gasteiger partial charge on any atom is 0.312 e. The minimum absolute atomic E-state index is 0.0287.